The first-order valence-electron chi connectivity index (χ1n) is 10.1. The van der Waals surface area contributed by atoms with Gasteiger partial charge in [0.2, 0.25) is 0 Å². The fraction of sp³-hybridized carbons (Fsp3) is 0.304. The number of ketones is 1. The Kier molecular flexibility index (Phi) is 7.29. The molecule has 3 rings (SSSR count). The lowest BCUT2D eigenvalue weighted by Crippen LogP contribution is -2.33. The van der Waals surface area contributed by atoms with E-state index in [9.17, 15) is 24.3 Å². The Morgan fingerprint density at radius 3 is 2.36 bits per heavy atom. The van der Waals surface area contributed by atoms with Crippen molar-refractivity contribution < 1.29 is 24.2 Å². The van der Waals surface area contributed by atoms with Gasteiger partial charge in [-0.2, -0.15) is 0 Å². The summed E-state index contributed by atoms with van der Waals surface area (Å²) in [6.45, 7) is 4.50. The predicted octanol–water partition coefficient (Wildman–Crippen LogP) is 3.84. The Morgan fingerprint density at radius 2 is 1.79 bits per heavy atom. The van der Waals surface area contributed by atoms with Gasteiger partial charge in [-0.15, -0.1) is 0 Å². The summed E-state index contributed by atoms with van der Waals surface area (Å²) in [7, 11) is 0. The van der Waals surface area contributed by atoms with Crippen LogP contribution in [0.2, 0.25) is 10.0 Å². The van der Waals surface area contributed by atoms with Crippen LogP contribution in [0.25, 0.3) is 0 Å². The van der Waals surface area contributed by atoms with Crippen molar-refractivity contribution >= 4 is 46.5 Å². The summed E-state index contributed by atoms with van der Waals surface area (Å²) in [6, 6.07) is 6.86. The Labute approximate surface area is 200 Å². The molecule has 1 aromatic heterocycles. The molecule has 174 valence electrons. The fourth-order valence-electron chi connectivity index (χ4n) is 3.56. The molecule has 0 spiro atoms. The minimum atomic E-state index is -0.958. The fourth-order valence-corrected chi connectivity index (χ4v) is 3.91. The Balaban J connectivity index is 2.14. The molecule has 0 bridgehead atoms. The van der Waals surface area contributed by atoms with E-state index in [1.54, 1.807) is 38.1 Å². The monoisotopic (exact) mass is 492 g/mol. The molecule has 8 nitrogen and oxygen atoms in total. The van der Waals surface area contributed by atoms with Crippen molar-refractivity contribution in [1.82, 2.24) is 4.57 Å². The number of pyridine rings is 1. The van der Waals surface area contributed by atoms with Crippen LogP contribution in [0.1, 0.15) is 32.4 Å². The van der Waals surface area contributed by atoms with Crippen LogP contribution in [-0.2, 0) is 25.7 Å². The van der Waals surface area contributed by atoms with Crippen molar-refractivity contribution in [2.45, 2.75) is 33.4 Å². The van der Waals surface area contributed by atoms with E-state index in [4.69, 9.17) is 27.9 Å². The number of carbonyl (C=O) groups excluding carboxylic acids is 3. The van der Waals surface area contributed by atoms with Crippen LogP contribution < -0.4 is 10.5 Å². The van der Waals surface area contributed by atoms with E-state index in [0.29, 0.717) is 10.6 Å². The number of aromatic nitrogens is 1. The maximum absolute atomic E-state index is 13.1. The summed E-state index contributed by atoms with van der Waals surface area (Å²) in [6.07, 6.45) is 1.37. The molecule has 0 radical (unpaired) electrons. The number of nitrogens with zero attached hydrogens (tertiary/aromatic N) is 2. The number of Topliss-reactive ketones (excluding diaryl/α,β-unsaturated/α-hetero) is 1. The predicted molar refractivity (Wildman–Crippen MR) is 124 cm³/mol. The normalized spacial score (nSPS) is 16.0. The molecule has 1 unspecified atom stereocenters. The molecule has 1 N–H and O–H groups in total. The Hall–Kier alpha value is -3.10. The molecule has 1 amide bonds. The number of esters is 1. The molecule has 0 saturated heterocycles. The molecule has 33 heavy (non-hydrogen) atoms. The molecule has 2 heterocycles. The third-order valence-corrected chi connectivity index (χ3v) is 5.65. The molecule has 1 aliphatic heterocycles. The van der Waals surface area contributed by atoms with Crippen molar-refractivity contribution in [3.05, 3.63) is 73.8 Å². The van der Waals surface area contributed by atoms with Gasteiger partial charge in [0.05, 0.1) is 23.8 Å². The molecule has 2 aromatic rings. The van der Waals surface area contributed by atoms with Gasteiger partial charge >= 0.3 is 5.97 Å². The molecule has 10 heteroatoms. The van der Waals surface area contributed by atoms with Crippen LogP contribution in [-0.4, -0.2) is 33.9 Å². The molecule has 0 fully saturated rings. The maximum Gasteiger partial charge on any atom is 0.302 e. The molecule has 1 aliphatic rings. The molecule has 1 atom stereocenters. The van der Waals surface area contributed by atoms with Gasteiger partial charge in [-0.3, -0.25) is 24.1 Å². The summed E-state index contributed by atoms with van der Waals surface area (Å²) < 4.78 is 6.09. The third kappa shape index (κ3) is 4.96. The van der Waals surface area contributed by atoms with Gasteiger partial charge in [-0.25, -0.2) is 0 Å². The van der Waals surface area contributed by atoms with Crippen molar-refractivity contribution in [3.63, 3.8) is 0 Å². The van der Waals surface area contributed by atoms with Crippen LogP contribution in [0.3, 0.4) is 0 Å². The highest BCUT2D eigenvalue weighted by Crippen LogP contribution is 2.42. The second kappa shape index (κ2) is 9.80. The highest BCUT2D eigenvalue weighted by Gasteiger charge is 2.45. The minimum absolute atomic E-state index is 0.00317. The van der Waals surface area contributed by atoms with Gasteiger partial charge < -0.3 is 14.4 Å². The van der Waals surface area contributed by atoms with Gasteiger partial charge in [0.25, 0.3) is 11.5 Å². The van der Waals surface area contributed by atoms with E-state index in [0.717, 1.165) is 0 Å². The number of carbonyl (C=O) groups is 3. The first kappa shape index (κ1) is 24.5. The van der Waals surface area contributed by atoms with Gasteiger partial charge in [-0.1, -0.05) is 49.2 Å². The zero-order chi connectivity index (χ0) is 24.4. The number of benzene rings is 1. The maximum atomic E-state index is 13.1. The molecular formula is C23H22Cl2N2O6. The largest absolute Gasteiger partial charge is 0.503 e. The number of hydrogen-bond donors (Lipinski definition) is 1. The highest BCUT2D eigenvalue weighted by atomic mass is 35.5. The number of ether oxygens (including phenoxy) is 1. The van der Waals surface area contributed by atoms with Crippen molar-refractivity contribution in [1.29, 1.82) is 0 Å². The quantitative estimate of drug-likeness (QED) is 0.588. The standard InChI is InChI=1S/C23H22Cl2N2O6/c1-12(2)20(29)18-19(14-4-6-15(24)7-5-14)27(23(32)21(18)30)16-10-17(25)22(31)26(11-16)8-9-33-13(3)28/h4-7,10-12,19,30H,8-9H2,1-3H3. The minimum Gasteiger partial charge on any atom is -0.503 e. The number of halogens is 2. The highest BCUT2D eigenvalue weighted by molar-refractivity contribution is 6.31. The second-order valence-corrected chi connectivity index (χ2v) is 8.64. The zero-order valence-electron chi connectivity index (χ0n) is 18.2. The summed E-state index contributed by atoms with van der Waals surface area (Å²) in [4.78, 5) is 50.8. The van der Waals surface area contributed by atoms with Crippen molar-refractivity contribution in [2.75, 3.05) is 11.5 Å². The summed E-state index contributed by atoms with van der Waals surface area (Å²) in [5.41, 5.74) is 0.129. The Bertz CT molecular complexity index is 1200. The molecular weight excluding hydrogens is 471 g/mol. The van der Waals surface area contributed by atoms with Gasteiger partial charge in [0.1, 0.15) is 11.6 Å². The smallest absolute Gasteiger partial charge is 0.302 e. The lowest BCUT2D eigenvalue weighted by Gasteiger charge is -2.28. The lowest BCUT2D eigenvalue weighted by atomic mass is 9.91. The zero-order valence-corrected chi connectivity index (χ0v) is 19.7. The first-order chi connectivity index (χ1) is 15.5. The average Bonchev–Trinajstić information content (AvgIpc) is 3.01. The van der Waals surface area contributed by atoms with Crippen LogP contribution >= 0.6 is 23.2 Å². The summed E-state index contributed by atoms with van der Waals surface area (Å²) in [5, 5.41) is 11.0. The van der Waals surface area contributed by atoms with Crippen LogP contribution in [0.5, 0.6) is 0 Å². The van der Waals surface area contributed by atoms with Gasteiger partial charge in [0, 0.05) is 24.1 Å². The molecule has 0 aliphatic carbocycles. The first-order valence-corrected chi connectivity index (χ1v) is 10.9. The van der Waals surface area contributed by atoms with Crippen LogP contribution in [0.15, 0.2) is 52.7 Å². The van der Waals surface area contributed by atoms with E-state index in [2.05, 4.69) is 0 Å². The van der Waals surface area contributed by atoms with Crippen LogP contribution in [0, 0.1) is 5.92 Å². The van der Waals surface area contributed by atoms with E-state index < -0.39 is 40.9 Å². The van der Waals surface area contributed by atoms with E-state index in [1.807, 2.05) is 0 Å². The SMILES string of the molecule is CC(=O)OCCn1cc(N2C(=O)C(O)=C(C(=O)C(C)C)C2c2ccc(Cl)cc2)cc(Cl)c1=O. The molecule has 1 aromatic carbocycles. The number of rotatable bonds is 7. The second-order valence-electron chi connectivity index (χ2n) is 7.80. The number of hydrogen-bond acceptors (Lipinski definition) is 6. The topological polar surface area (TPSA) is 106 Å². The van der Waals surface area contributed by atoms with E-state index in [-0.39, 0.29) is 29.4 Å². The van der Waals surface area contributed by atoms with Crippen molar-refractivity contribution in [2.24, 2.45) is 5.92 Å². The van der Waals surface area contributed by atoms with Gasteiger partial charge in [0.15, 0.2) is 11.5 Å². The summed E-state index contributed by atoms with van der Waals surface area (Å²) in [5.74, 6) is -2.85. The third-order valence-electron chi connectivity index (χ3n) is 5.13. The average molecular weight is 493 g/mol. The number of amides is 1. The van der Waals surface area contributed by atoms with Gasteiger partial charge in [-0.05, 0) is 23.8 Å². The van der Waals surface area contributed by atoms with Crippen LogP contribution in [0.4, 0.5) is 5.69 Å². The van der Waals surface area contributed by atoms with E-state index >= 15 is 0 Å². The molecule has 0 saturated carbocycles. The lowest BCUT2D eigenvalue weighted by molar-refractivity contribution is -0.141. The number of aliphatic hydroxyl groups excluding tert-OH is 1. The van der Waals surface area contributed by atoms with Crippen molar-refractivity contribution in [3.8, 4) is 0 Å². The van der Waals surface area contributed by atoms with E-state index in [1.165, 1.54) is 28.7 Å². The summed E-state index contributed by atoms with van der Waals surface area (Å²) >= 11 is 12.2. The number of anilines is 1. The number of aliphatic hydroxyl groups is 1. The Morgan fingerprint density at radius 1 is 1.15 bits per heavy atom.